The number of benzene rings is 1. The molecule has 0 amide bonds. The van der Waals surface area contributed by atoms with Gasteiger partial charge in [-0.2, -0.15) is 5.10 Å². The number of guanidine groups is 1. The van der Waals surface area contributed by atoms with E-state index in [-0.39, 0.29) is 11.6 Å². The third kappa shape index (κ3) is 5.04. The summed E-state index contributed by atoms with van der Waals surface area (Å²) < 4.78 is 1.96. The van der Waals surface area contributed by atoms with E-state index in [2.05, 4.69) is 84.5 Å². The van der Waals surface area contributed by atoms with E-state index >= 15 is 0 Å². The van der Waals surface area contributed by atoms with Gasteiger partial charge in [-0.3, -0.25) is 14.6 Å². The van der Waals surface area contributed by atoms with Gasteiger partial charge in [0.15, 0.2) is 5.96 Å². The first-order chi connectivity index (χ1) is 14.2. The maximum Gasteiger partial charge on any atom is 0.191 e. The van der Waals surface area contributed by atoms with Crippen LogP contribution in [0.4, 0.5) is 0 Å². The average Bonchev–Trinajstić information content (AvgIpc) is 2.96. The molecular weight excluding hydrogens is 372 g/mol. The molecule has 6 heteroatoms. The van der Waals surface area contributed by atoms with Crippen LogP contribution < -0.4 is 10.6 Å². The summed E-state index contributed by atoms with van der Waals surface area (Å²) >= 11 is 0. The van der Waals surface area contributed by atoms with E-state index in [0.29, 0.717) is 0 Å². The molecule has 1 aromatic heterocycles. The number of fused-ring (bicyclic) bond motifs is 1. The second kappa shape index (κ2) is 9.21. The van der Waals surface area contributed by atoms with Crippen LogP contribution in [-0.4, -0.2) is 52.4 Å². The number of hydrogen-bond acceptors (Lipinski definition) is 3. The number of nitrogens with one attached hydrogen (secondary N) is 2. The molecule has 0 fully saturated rings. The normalized spacial score (nSPS) is 16.3. The number of nitrogens with zero attached hydrogens (tertiary/aromatic N) is 4. The van der Waals surface area contributed by atoms with Crippen LogP contribution in [-0.2, 0) is 26.4 Å². The number of aliphatic imine (C=N–C) groups is 1. The van der Waals surface area contributed by atoms with Gasteiger partial charge in [-0.05, 0) is 64.2 Å². The zero-order valence-electron chi connectivity index (χ0n) is 19.7. The molecule has 1 aliphatic rings. The van der Waals surface area contributed by atoms with Crippen molar-refractivity contribution in [2.24, 2.45) is 12.0 Å². The highest BCUT2D eigenvalue weighted by atomic mass is 15.3. The highest BCUT2D eigenvalue weighted by molar-refractivity contribution is 5.80. The predicted octanol–water partition coefficient (Wildman–Crippen LogP) is 2.97. The minimum absolute atomic E-state index is 0.0327. The fourth-order valence-corrected chi connectivity index (χ4v) is 4.32. The van der Waals surface area contributed by atoms with Crippen molar-refractivity contribution in [3.63, 3.8) is 0 Å². The molecule has 6 nitrogen and oxygen atoms in total. The first kappa shape index (κ1) is 22.3. The van der Waals surface area contributed by atoms with Gasteiger partial charge in [-0.1, -0.05) is 24.3 Å². The standard InChI is InChI=1S/C24H38N6/c1-17(14-22-18(2)28-29(7)19(22)3)27-23(25-6)26-16-24(4,5)30-13-12-20-10-8-9-11-21(20)15-30/h8-11,17H,12-16H2,1-7H3,(H2,25,26,27). The Labute approximate surface area is 181 Å². The molecule has 1 unspecified atom stereocenters. The quantitative estimate of drug-likeness (QED) is 0.568. The zero-order chi connectivity index (χ0) is 21.9. The largest absolute Gasteiger partial charge is 0.355 e. The summed E-state index contributed by atoms with van der Waals surface area (Å²) in [6, 6.07) is 9.08. The van der Waals surface area contributed by atoms with Crippen LogP contribution in [0.15, 0.2) is 29.3 Å². The Morgan fingerprint density at radius 1 is 1.23 bits per heavy atom. The second-order valence-electron chi connectivity index (χ2n) is 9.20. The molecule has 0 aliphatic carbocycles. The molecule has 2 N–H and O–H groups in total. The van der Waals surface area contributed by atoms with Gasteiger partial charge >= 0.3 is 0 Å². The smallest absolute Gasteiger partial charge is 0.191 e. The van der Waals surface area contributed by atoms with Gasteiger partial charge in [0.25, 0.3) is 0 Å². The van der Waals surface area contributed by atoms with Gasteiger partial charge in [0.05, 0.1) is 5.69 Å². The number of hydrogen-bond donors (Lipinski definition) is 2. The van der Waals surface area contributed by atoms with E-state index in [1.807, 2.05) is 18.8 Å². The maximum absolute atomic E-state index is 4.54. The Kier molecular flexibility index (Phi) is 6.86. The Morgan fingerprint density at radius 3 is 2.57 bits per heavy atom. The fourth-order valence-electron chi connectivity index (χ4n) is 4.32. The van der Waals surface area contributed by atoms with Crippen LogP contribution in [0.5, 0.6) is 0 Å². The molecule has 1 aliphatic heterocycles. The summed E-state index contributed by atoms with van der Waals surface area (Å²) in [6.07, 6.45) is 2.05. The lowest BCUT2D eigenvalue weighted by Gasteiger charge is -2.42. The van der Waals surface area contributed by atoms with Crippen LogP contribution in [0.3, 0.4) is 0 Å². The number of aryl methyl sites for hydroxylation is 2. The molecule has 0 radical (unpaired) electrons. The first-order valence-electron chi connectivity index (χ1n) is 11.0. The molecule has 2 aromatic rings. The summed E-state index contributed by atoms with van der Waals surface area (Å²) in [4.78, 5) is 7.03. The van der Waals surface area contributed by atoms with Crippen molar-refractivity contribution < 1.29 is 0 Å². The fraction of sp³-hybridized carbons (Fsp3) is 0.583. The minimum Gasteiger partial charge on any atom is -0.355 e. The highest BCUT2D eigenvalue weighted by Crippen LogP contribution is 2.25. The van der Waals surface area contributed by atoms with Crippen molar-refractivity contribution in [1.29, 1.82) is 0 Å². The van der Waals surface area contributed by atoms with Crippen LogP contribution in [0, 0.1) is 13.8 Å². The predicted molar refractivity (Wildman–Crippen MR) is 125 cm³/mol. The summed E-state index contributed by atoms with van der Waals surface area (Å²) in [5.74, 6) is 0.854. The van der Waals surface area contributed by atoms with Gasteiger partial charge in [0, 0.05) is 51.0 Å². The molecule has 0 spiro atoms. The van der Waals surface area contributed by atoms with E-state index in [4.69, 9.17) is 0 Å². The zero-order valence-corrected chi connectivity index (χ0v) is 19.7. The van der Waals surface area contributed by atoms with E-state index in [9.17, 15) is 0 Å². The van der Waals surface area contributed by atoms with Gasteiger partial charge in [0.2, 0.25) is 0 Å². The molecule has 30 heavy (non-hydrogen) atoms. The van der Waals surface area contributed by atoms with Crippen molar-refractivity contribution in [1.82, 2.24) is 25.3 Å². The van der Waals surface area contributed by atoms with Crippen molar-refractivity contribution in [3.05, 3.63) is 52.3 Å². The molecule has 164 valence electrons. The molecule has 0 saturated heterocycles. The molecule has 1 aromatic carbocycles. The van der Waals surface area contributed by atoms with Crippen LogP contribution in [0.1, 0.15) is 48.8 Å². The topological polar surface area (TPSA) is 57.5 Å². The monoisotopic (exact) mass is 410 g/mol. The van der Waals surface area contributed by atoms with E-state index in [0.717, 1.165) is 44.1 Å². The van der Waals surface area contributed by atoms with Crippen molar-refractivity contribution in [2.75, 3.05) is 20.1 Å². The van der Waals surface area contributed by atoms with Crippen molar-refractivity contribution in [3.8, 4) is 0 Å². The third-order valence-corrected chi connectivity index (χ3v) is 6.45. The molecule has 0 bridgehead atoms. The Hall–Kier alpha value is -2.34. The molecule has 1 atom stereocenters. The SMILES string of the molecule is CN=C(NCC(C)(C)N1CCc2ccccc2C1)NC(C)Cc1c(C)nn(C)c1C. The van der Waals surface area contributed by atoms with E-state index in [1.54, 1.807) is 0 Å². The lowest BCUT2D eigenvalue weighted by molar-refractivity contribution is 0.107. The number of aromatic nitrogens is 2. The van der Waals surface area contributed by atoms with Crippen molar-refractivity contribution >= 4 is 5.96 Å². The Balaban J connectivity index is 1.55. The highest BCUT2D eigenvalue weighted by Gasteiger charge is 2.30. The van der Waals surface area contributed by atoms with E-state index < -0.39 is 0 Å². The lowest BCUT2D eigenvalue weighted by Crippen LogP contribution is -2.55. The van der Waals surface area contributed by atoms with Crippen LogP contribution >= 0.6 is 0 Å². The van der Waals surface area contributed by atoms with Crippen LogP contribution in [0.2, 0.25) is 0 Å². The van der Waals surface area contributed by atoms with E-state index in [1.165, 1.54) is 22.4 Å². The number of rotatable bonds is 6. The second-order valence-corrected chi connectivity index (χ2v) is 9.20. The minimum atomic E-state index is 0.0327. The lowest BCUT2D eigenvalue weighted by atomic mass is 9.94. The van der Waals surface area contributed by atoms with Gasteiger partial charge in [-0.15, -0.1) is 0 Å². The van der Waals surface area contributed by atoms with Crippen LogP contribution in [0.25, 0.3) is 0 Å². The van der Waals surface area contributed by atoms with Crippen molar-refractivity contribution in [2.45, 2.75) is 65.6 Å². The molecule has 3 rings (SSSR count). The first-order valence-corrected chi connectivity index (χ1v) is 11.0. The average molecular weight is 411 g/mol. The third-order valence-electron chi connectivity index (χ3n) is 6.45. The van der Waals surface area contributed by atoms with Gasteiger partial charge in [0.1, 0.15) is 0 Å². The Bertz CT molecular complexity index is 895. The van der Waals surface area contributed by atoms with Gasteiger partial charge in [-0.25, -0.2) is 0 Å². The molecule has 0 saturated carbocycles. The summed E-state index contributed by atoms with van der Waals surface area (Å²) in [5.41, 5.74) is 6.64. The molecule has 2 heterocycles. The summed E-state index contributed by atoms with van der Waals surface area (Å²) in [6.45, 7) is 14.0. The summed E-state index contributed by atoms with van der Waals surface area (Å²) in [7, 11) is 3.85. The van der Waals surface area contributed by atoms with Gasteiger partial charge < -0.3 is 10.6 Å². The Morgan fingerprint density at radius 2 is 1.93 bits per heavy atom. The molecular formula is C24H38N6. The summed E-state index contributed by atoms with van der Waals surface area (Å²) in [5, 5.41) is 11.6. The maximum atomic E-state index is 4.54.